The Balaban J connectivity index is 1.56. The van der Waals surface area contributed by atoms with E-state index < -0.39 is 0 Å². The SMILES string of the molecule is CC(C)c1ccc(C2Oc3ccccc3C3CC(c4ccco4)=NN32)cc1. The maximum absolute atomic E-state index is 6.39. The number of rotatable bonds is 3. The van der Waals surface area contributed by atoms with E-state index in [-0.39, 0.29) is 12.3 Å². The fraction of sp³-hybridized carbons (Fsp3) is 0.261. The van der Waals surface area contributed by atoms with E-state index in [1.165, 1.54) is 11.1 Å². The second-order valence-corrected chi connectivity index (χ2v) is 7.45. The summed E-state index contributed by atoms with van der Waals surface area (Å²) in [6, 6.07) is 21.0. The Bertz CT molecular complexity index is 974. The lowest BCUT2D eigenvalue weighted by Crippen LogP contribution is -2.33. The molecule has 0 aliphatic carbocycles. The van der Waals surface area contributed by atoms with Gasteiger partial charge in [0.1, 0.15) is 17.2 Å². The molecule has 0 amide bonds. The van der Waals surface area contributed by atoms with E-state index in [1.807, 2.05) is 24.3 Å². The van der Waals surface area contributed by atoms with Crippen LogP contribution in [-0.2, 0) is 0 Å². The normalized spacial score (nSPS) is 20.9. The summed E-state index contributed by atoms with van der Waals surface area (Å²) >= 11 is 0. The molecule has 2 atom stereocenters. The third-order valence-corrected chi connectivity index (χ3v) is 5.39. The van der Waals surface area contributed by atoms with Crippen molar-refractivity contribution in [3.63, 3.8) is 0 Å². The zero-order chi connectivity index (χ0) is 18.4. The summed E-state index contributed by atoms with van der Waals surface area (Å²) < 4.78 is 12.0. The van der Waals surface area contributed by atoms with Gasteiger partial charge in [0.2, 0.25) is 6.23 Å². The lowest BCUT2D eigenvalue weighted by Gasteiger charge is -2.38. The third-order valence-electron chi connectivity index (χ3n) is 5.39. The number of benzene rings is 2. The highest BCUT2D eigenvalue weighted by Crippen LogP contribution is 2.47. The predicted octanol–water partition coefficient (Wildman–Crippen LogP) is 5.65. The van der Waals surface area contributed by atoms with Crippen LogP contribution in [0.15, 0.2) is 76.4 Å². The van der Waals surface area contributed by atoms with Crippen LogP contribution < -0.4 is 4.74 Å². The van der Waals surface area contributed by atoms with Crippen molar-refractivity contribution in [2.24, 2.45) is 5.10 Å². The highest BCUT2D eigenvalue weighted by atomic mass is 16.5. The van der Waals surface area contributed by atoms with Crippen LogP contribution in [0.2, 0.25) is 0 Å². The minimum absolute atomic E-state index is 0.157. The molecule has 136 valence electrons. The molecular formula is C23H22N2O2. The summed E-state index contributed by atoms with van der Waals surface area (Å²) in [6.45, 7) is 4.41. The first-order chi connectivity index (χ1) is 13.2. The molecule has 0 bridgehead atoms. The van der Waals surface area contributed by atoms with Gasteiger partial charge in [0.15, 0.2) is 0 Å². The molecule has 0 spiro atoms. The summed E-state index contributed by atoms with van der Waals surface area (Å²) in [4.78, 5) is 0. The first kappa shape index (κ1) is 16.2. The molecule has 4 heteroatoms. The molecule has 3 heterocycles. The molecular weight excluding hydrogens is 336 g/mol. The van der Waals surface area contributed by atoms with Crippen molar-refractivity contribution in [3.8, 4) is 5.75 Å². The predicted molar refractivity (Wildman–Crippen MR) is 105 cm³/mol. The van der Waals surface area contributed by atoms with Crippen molar-refractivity contribution < 1.29 is 9.15 Å². The van der Waals surface area contributed by atoms with Crippen LogP contribution in [0.5, 0.6) is 5.75 Å². The molecule has 0 radical (unpaired) electrons. The molecule has 4 nitrogen and oxygen atoms in total. The van der Waals surface area contributed by atoms with E-state index in [2.05, 4.69) is 55.3 Å². The summed E-state index contributed by atoms with van der Waals surface area (Å²) in [5, 5.41) is 6.99. The second kappa shape index (κ2) is 6.31. The fourth-order valence-electron chi connectivity index (χ4n) is 3.89. The van der Waals surface area contributed by atoms with Crippen LogP contribution in [0.3, 0.4) is 0 Å². The smallest absolute Gasteiger partial charge is 0.213 e. The Hall–Kier alpha value is -3.01. The van der Waals surface area contributed by atoms with Gasteiger partial charge < -0.3 is 9.15 Å². The fourth-order valence-corrected chi connectivity index (χ4v) is 3.89. The van der Waals surface area contributed by atoms with Crippen molar-refractivity contribution >= 4 is 5.71 Å². The maximum Gasteiger partial charge on any atom is 0.213 e. The van der Waals surface area contributed by atoms with Gasteiger partial charge in [-0.3, -0.25) is 0 Å². The van der Waals surface area contributed by atoms with Crippen LogP contribution in [-0.4, -0.2) is 10.7 Å². The molecule has 2 aliphatic rings. The topological polar surface area (TPSA) is 38.0 Å². The van der Waals surface area contributed by atoms with Crippen LogP contribution in [0.1, 0.15) is 60.9 Å². The number of furan rings is 1. The number of ether oxygens (including phenoxy) is 1. The van der Waals surface area contributed by atoms with Gasteiger partial charge in [-0.05, 0) is 29.7 Å². The summed E-state index contributed by atoms with van der Waals surface area (Å²) in [5.41, 5.74) is 4.59. The summed E-state index contributed by atoms with van der Waals surface area (Å²) in [5.74, 6) is 2.28. The van der Waals surface area contributed by atoms with Gasteiger partial charge in [0.25, 0.3) is 0 Å². The van der Waals surface area contributed by atoms with Gasteiger partial charge >= 0.3 is 0 Å². The molecule has 0 N–H and O–H groups in total. The number of hydrogen-bond acceptors (Lipinski definition) is 4. The van der Waals surface area contributed by atoms with E-state index in [0.717, 1.165) is 29.2 Å². The first-order valence-corrected chi connectivity index (χ1v) is 9.46. The van der Waals surface area contributed by atoms with Crippen molar-refractivity contribution in [2.75, 3.05) is 0 Å². The van der Waals surface area contributed by atoms with Gasteiger partial charge in [-0.25, -0.2) is 5.01 Å². The summed E-state index contributed by atoms with van der Waals surface area (Å²) in [7, 11) is 0. The van der Waals surface area contributed by atoms with Crippen LogP contribution >= 0.6 is 0 Å². The monoisotopic (exact) mass is 358 g/mol. The van der Waals surface area contributed by atoms with Crippen LogP contribution in [0.25, 0.3) is 0 Å². The van der Waals surface area contributed by atoms with E-state index in [4.69, 9.17) is 14.3 Å². The van der Waals surface area contributed by atoms with Gasteiger partial charge in [-0.2, -0.15) is 5.10 Å². The number of fused-ring (bicyclic) bond motifs is 3. The molecule has 0 saturated heterocycles. The van der Waals surface area contributed by atoms with E-state index in [0.29, 0.717) is 5.92 Å². The molecule has 0 saturated carbocycles. The number of nitrogens with zero attached hydrogens (tertiary/aromatic N) is 2. The summed E-state index contributed by atoms with van der Waals surface area (Å²) in [6.07, 6.45) is 2.27. The van der Waals surface area contributed by atoms with Crippen molar-refractivity contribution in [1.29, 1.82) is 0 Å². The van der Waals surface area contributed by atoms with Crippen molar-refractivity contribution in [2.45, 2.75) is 38.5 Å². The van der Waals surface area contributed by atoms with Crippen LogP contribution in [0, 0.1) is 0 Å². The van der Waals surface area contributed by atoms with Crippen molar-refractivity contribution in [3.05, 3.63) is 89.4 Å². The zero-order valence-electron chi connectivity index (χ0n) is 15.5. The molecule has 0 fully saturated rings. The Morgan fingerprint density at radius 2 is 1.81 bits per heavy atom. The minimum atomic E-state index is -0.237. The third kappa shape index (κ3) is 2.72. The molecule has 1 aromatic heterocycles. The van der Waals surface area contributed by atoms with E-state index in [9.17, 15) is 0 Å². The number of hydrazone groups is 1. The number of para-hydroxylation sites is 1. The molecule has 27 heavy (non-hydrogen) atoms. The molecule has 2 aromatic carbocycles. The Morgan fingerprint density at radius 1 is 1.00 bits per heavy atom. The minimum Gasteiger partial charge on any atom is -0.464 e. The van der Waals surface area contributed by atoms with E-state index in [1.54, 1.807) is 6.26 Å². The lowest BCUT2D eigenvalue weighted by atomic mass is 9.96. The van der Waals surface area contributed by atoms with Gasteiger partial charge in [0.05, 0.1) is 12.3 Å². The zero-order valence-corrected chi connectivity index (χ0v) is 15.5. The molecule has 2 aliphatic heterocycles. The van der Waals surface area contributed by atoms with Gasteiger partial charge in [0, 0.05) is 17.5 Å². The van der Waals surface area contributed by atoms with E-state index >= 15 is 0 Å². The highest BCUT2D eigenvalue weighted by molar-refractivity contribution is 5.99. The Kier molecular flexibility index (Phi) is 3.78. The Labute approximate surface area is 159 Å². The largest absolute Gasteiger partial charge is 0.464 e. The van der Waals surface area contributed by atoms with Crippen molar-refractivity contribution in [1.82, 2.24) is 5.01 Å². The van der Waals surface area contributed by atoms with Crippen LogP contribution in [0.4, 0.5) is 0 Å². The average molecular weight is 358 g/mol. The van der Waals surface area contributed by atoms with Gasteiger partial charge in [-0.1, -0.05) is 56.3 Å². The molecule has 3 aromatic rings. The first-order valence-electron chi connectivity index (χ1n) is 9.46. The molecule has 5 rings (SSSR count). The quantitative estimate of drug-likeness (QED) is 0.607. The maximum atomic E-state index is 6.39. The average Bonchev–Trinajstić information content (AvgIpc) is 3.37. The second-order valence-electron chi connectivity index (χ2n) is 7.45. The molecule has 2 unspecified atom stereocenters. The highest BCUT2D eigenvalue weighted by Gasteiger charge is 2.41. The Morgan fingerprint density at radius 3 is 2.56 bits per heavy atom. The van der Waals surface area contributed by atoms with Gasteiger partial charge in [-0.15, -0.1) is 0 Å². The number of hydrogen-bond donors (Lipinski definition) is 0. The standard InChI is InChI=1S/C23H22N2O2/c1-15(2)16-9-11-17(12-10-16)23-25-20(18-6-3-4-7-21(18)27-23)14-19(24-25)22-8-5-13-26-22/h3-13,15,20,23H,14H2,1-2H3. The lowest BCUT2D eigenvalue weighted by molar-refractivity contribution is -0.0190.